The number of carbonyl (C=O) groups is 1. The number of fused-ring (bicyclic) bond motifs is 1. The molecule has 1 spiro atoms. The van der Waals surface area contributed by atoms with Crippen LogP contribution in [0.5, 0.6) is 0 Å². The zero-order valence-corrected chi connectivity index (χ0v) is 15.5. The largest absolute Gasteiger partial charge is 0.362 e. The summed E-state index contributed by atoms with van der Waals surface area (Å²) in [4.78, 5) is 13.8. The molecule has 3 aromatic rings. The van der Waals surface area contributed by atoms with Crippen molar-refractivity contribution in [2.45, 2.75) is 12.5 Å². The zero-order chi connectivity index (χ0) is 19.1. The number of anilines is 2. The van der Waals surface area contributed by atoms with Crippen LogP contribution < -0.4 is 10.3 Å². The van der Waals surface area contributed by atoms with E-state index < -0.39 is 5.54 Å². The van der Waals surface area contributed by atoms with Crippen LogP contribution in [0.1, 0.15) is 18.1 Å². The number of carbonyl (C=O) groups excluding carboxylic acids is 1. The monoisotopic (exact) mass is 365 g/mol. The minimum atomic E-state index is -1.02. The van der Waals surface area contributed by atoms with Crippen LogP contribution in [0.15, 0.2) is 90.0 Å². The molecule has 2 aliphatic rings. The Morgan fingerprint density at radius 2 is 1.50 bits per heavy atom. The fourth-order valence-electron chi connectivity index (χ4n) is 3.97. The third-order valence-corrected chi connectivity index (χ3v) is 5.38. The maximum Gasteiger partial charge on any atom is 0.283 e. The van der Waals surface area contributed by atoms with Gasteiger partial charge in [0.1, 0.15) is 0 Å². The summed E-state index contributed by atoms with van der Waals surface area (Å²) in [5.41, 5.74) is 4.37. The van der Waals surface area contributed by atoms with Crippen molar-refractivity contribution in [2.75, 3.05) is 10.3 Å². The third-order valence-electron chi connectivity index (χ3n) is 5.38. The van der Waals surface area contributed by atoms with Crippen molar-refractivity contribution in [1.29, 1.82) is 0 Å². The van der Waals surface area contributed by atoms with E-state index >= 15 is 0 Å². The summed E-state index contributed by atoms with van der Waals surface area (Å²) >= 11 is 0. The SMILES string of the molecule is CC1=NN(c2ccccc2)C(=O)C12Nc1ccccc1C=C2c1ccccc1. The van der Waals surface area contributed by atoms with Gasteiger partial charge < -0.3 is 5.32 Å². The summed E-state index contributed by atoms with van der Waals surface area (Å²) in [6.45, 7) is 1.92. The van der Waals surface area contributed by atoms with Crippen LogP contribution >= 0.6 is 0 Å². The molecule has 2 aliphatic heterocycles. The van der Waals surface area contributed by atoms with Crippen LogP contribution in [-0.4, -0.2) is 17.2 Å². The van der Waals surface area contributed by atoms with E-state index in [-0.39, 0.29) is 5.91 Å². The maximum atomic E-state index is 13.8. The highest BCUT2D eigenvalue weighted by Gasteiger charge is 2.54. The summed E-state index contributed by atoms with van der Waals surface area (Å²) < 4.78 is 0. The second-order valence-corrected chi connectivity index (χ2v) is 7.02. The van der Waals surface area contributed by atoms with E-state index in [2.05, 4.69) is 22.6 Å². The van der Waals surface area contributed by atoms with Crippen LogP contribution in [0.4, 0.5) is 11.4 Å². The van der Waals surface area contributed by atoms with E-state index in [9.17, 15) is 4.79 Å². The molecule has 1 amide bonds. The standard InChI is InChI=1S/C24H19N3O/c1-17-24(23(28)27(26-17)20-13-6-3-7-14-20)21(18-10-4-2-5-11-18)16-19-12-8-9-15-22(19)25-24/h2-16,25H,1H3. The first-order valence-corrected chi connectivity index (χ1v) is 9.30. The van der Waals surface area contributed by atoms with Gasteiger partial charge in [-0.1, -0.05) is 66.7 Å². The molecule has 0 fully saturated rings. The van der Waals surface area contributed by atoms with Gasteiger partial charge in [-0.25, -0.2) is 0 Å². The fraction of sp³-hybridized carbons (Fsp3) is 0.0833. The summed E-state index contributed by atoms with van der Waals surface area (Å²) in [6.07, 6.45) is 2.10. The molecule has 1 atom stereocenters. The van der Waals surface area contributed by atoms with E-state index in [1.54, 1.807) is 0 Å². The number of amides is 1. The van der Waals surface area contributed by atoms with Gasteiger partial charge in [0.05, 0.1) is 11.4 Å². The molecular formula is C24H19N3O. The molecule has 3 aromatic carbocycles. The zero-order valence-electron chi connectivity index (χ0n) is 15.5. The average Bonchev–Trinajstić information content (AvgIpc) is 3.00. The Bertz CT molecular complexity index is 1120. The molecule has 0 bridgehead atoms. The maximum absolute atomic E-state index is 13.8. The van der Waals surface area contributed by atoms with Crippen LogP contribution in [0.2, 0.25) is 0 Å². The van der Waals surface area contributed by atoms with Crippen LogP contribution in [-0.2, 0) is 4.79 Å². The molecule has 0 aliphatic carbocycles. The Morgan fingerprint density at radius 1 is 0.857 bits per heavy atom. The number of nitrogens with one attached hydrogen (secondary N) is 1. The molecule has 0 saturated heterocycles. The highest BCUT2D eigenvalue weighted by Crippen LogP contribution is 2.44. The number of rotatable bonds is 2. The van der Waals surface area contributed by atoms with Crippen molar-refractivity contribution >= 4 is 34.6 Å². The predicted molar refractivity (Wildman–Crippen MR) is 114 cm³/mol. The summed E-state index contributed by atoms with van der Waals surface area (Å²) in [7, 11) is 0. The first-order valence-electron chi connectivity index (χ1n) is 9.30. The Hall–Kier alpha value is -3.66. The summed E-state index contributed by atoms with van der Waals surface area (Å²) in [5, 5.41) is 9.70. The first-order chi connectivity index (χ1) is 13.7. The minimum Gasteiger partial charge on any atom is -0.362 e. The summed E-state index contributed by atoms with van der Waals surface area (Å²) in [6, 6.07) is 27.6. The Labute approximate surface area is 163 Å². The second kappa shape index (κ2) is 6.20. The second-order valence-electron chi connectivity index (χ2n) is 7.02. The third kappa shape index (κ3) is 2.31. The lowest BCUT2D eigenvalue weighted by Crippen LogP contribution is -2.54. The van der Waals surface area contributed by atoms with Gasteiger partial charge in [-0.05, 0) is 42.3 Å². The van der Waals surface area contributed by atoms with E-state index in [0.717, 1.165) is 33.8 Å². The molecule has 5 rings (SSSR count). The van der Waals surface area contributed by atoms with Gasteiger partial charge in [0, 0.05) is 11.3 Å². The summed E-state index contributed by atoms with van der Waals surface area (Å²) in [5.74, 6) is -0.0965. The molecule has 4 nitrogen and oxygen atoms in total. The molecule has 28 heavy (non-hydrogen) atoms. The van der Waals surface area contributed by atoms with Crippen LogP contribution in [0.3, 0.4) is 0 Å². The highest BCUT2D eigenvalue weighted by molar-refractivity contribution is 6.34. The van der Waals surface area contributed by atoms with Crippen molar-refractivity contribution < 1.29 is 4.79 Å². The minimum absolute atomic E-state index is 0.0965. The Balaban J connectivity index is 1.71. The van der Waals surface area contributed by atoms with E-state index in [0.29, 0.717) is 0 Å². The predicted octanol–water partition coefficient (Wildman–Crippen LogP) is 4.81. The smallest absolute Gasteiger partial charge is 0.283 e. The van der Waals surface area contributed by atoms with Crippen molar-refractivity contribution in [1.82, 2.24) is 0 Å². The molecule has 1 unspecified atom stereocenters. The van der Waals surface area contributed by atoms with Gasteiger partial charge in [0.15, 0.2) is 5.54 Å². The van der Waals surface area contributed by atoms with Crippen molar-refractivity contribution in [3.63, 3.8) is 0 Å². The average molecular weight is 365 g/mol. The van der Waals surface area contributed by atoms with Gasteiger partial charge in [0.2, 0.25) is 0 Å². The van der Waals surface area contributed by atoms with E-state index in [1.165, 1.54) is 5.01 Å². The van der Waals surface area contributed by atoms with Crippen molar-refractivity contribution in [3.8, 4) is 0 Å². The van der Waals surface area contributed by atoms with Crippen LogP contribution in [0.25, 0.3) is 11.6 Å². The fourth-order valence-corrected chi connectivity index (χ4v) is 3.97. The molecule has 136 valence electrons. The Kier molecular flexibility index (Phi) is 3.66. The van der Waals surface area contributed by atoms with Crippen molar-refractivity contribution in [2.24, 2.45) is 5.10 Å². The normalized spacial score (nSPS) is 20.5. The number of para-hydroxylation sites is 2. The first kappa shape index (κ1) is 16.5. The number of hydrogen-bond donors (Lipinski definition) is 1. The molecule has 0 aromatic heterocycles. The molecule has 1 N–H and O–H groups in total. The van der Waals surface area contributed by atoms with Gasteiger partial charge >= 0.3 is 0 Å². The van der Waals surface area contributed by atoms with Crippen LogP contribution in [0, 0.1) is 0 Å². The van der Waals surface area contributed by atoms with Gasteiger partial charge in [0.25, 0.3) is 5.91 Å². The lowest BCUT2D eigenvalue weighted by Gasteiger charge is -2.37. The lowest BCUT2D eigenvalue weighted by atomic mass is 9.77. The number of nitrogens with zero attached hydrogens (tertiary/aromatic N) is 2. The Morgan fingerprint density at radius 3 is 2.25 bits per heavy atom. The molecule has 4 heteroatoms. The quantitative estimate of drug-likeness (QED) is 0.708. The molecule has 2 heterocycles. The number of hydrogen-bond acceptors (Lipinski definition) is 3. The highest BCUT2D eigenvalue weighted by atomic mass is 16.2. The van der Waals surface area contributed by atoms with E-state index in [4.69, 9.17) is 0 Å². The molecular weight excluding hydrogens is 346 g/mol. The van der Waals surface area contributed by atoms with Gasteiger partial charge in [-0.3, -0.25) is 4.79 Å². The number of hydrazone groups is 1. The topological polar surface area (TPSA) is 44.7 Å². The lowest BCUT2D eigenvalue weighted by molar-refractivity contribution is -0.118. The van der Waals surface area contributed by atoms with E-state index in [1.807, 2.05) is 85.8 Å². The van der Waals surface area contributed by atoms with Crippen molar-refractivity contribution in [3.05, 3.63) is 96.1 Å². The van der Waals surface area contributed by atoms with Gasteiger partial charge in [-0.2, -0.15) is 10.1 Å². The molecule has 0 saturated carbocycles. The van der Waals surface area contributed by atoms with Gasteiger partial charge in [-0.15, -0.1) is 0 Å². The molecule has 0 radical (unpaired) electrons. The number of benzene rings is 3.